The summed E-state index contributed by atoms with van der Waals surface area (Å²) < 4.78 is 10.4. The highest BCUT2D eigenvalue weighted by Gasteiger charge is 2.38. The van der Waals surface area contributed by atoms with Crippen LogP contribution in [-0.2, 0) is 9.53 Å². The van der Waals surface area contributed by atoms with E-state index in [0.29, 0.717) is 13.0 Å². The predicted molar refractivity (Wildman–Crippen MR) is 65.9 cm³/mol. The normalized spacial score (nSPS) is 22.7. The number of nitrogens with zero attached hydrogens (tertiary/aromatic N) is 1. The van der Waals surface area contributed by atoms with E-state index in [4.69, 9.17) is 14.3 Å². The Balaban J connectivity index is 2.18. The first kappa shape index (κ1) is 13.6. The fraction of sp³-hybridized carbons (Fsp3) is 0.538. The summed E-state index contributed by atoms with van der Waals surface area (Å²) in [4.78, 5) is 24.8. The summed E-state index contributed by atoms with van der Waals surface area (Å²) in [5.41, 5.74) is 0.750. The molecule has 1 fully saturated rings. The second-order valence-corrected chi connectivity index (χ2v) is 4.74. The number of furan rings is 1. The first-order chi connectivity index (χ1) is 9.02. The molecule has 1 aromatic rings. The van der Waals surface area contributed by atoms with Crippen molar-refractivity contribution < 1.29 is 23.8 Å². The third-order valence-electron chi connectivity index (χ3n) is 3.44. The van der Waals surface area contributed by atoms with E-state index in [1.165, 1.54) is 11.2 Å². The molecule has 1 aromatic heterocycles. The smallest absolute Gasteiger partial charge is 0.305 e. The molecule has 0 aliphatic carbocycles. The molecule has 0 spiro atoms. The summed E-state index contributed by atoms with van der Waals surface area (Å²) in [5.74, 6) is -0.920. The molecular formula is C13H17NO5. The molecule has 104 valence electrons. The van der Waals surface area contributed by atoms with Crippen LogP contribution in [0.15, 0.2) is 16.7 Å². The fourth-order valence-electron chi connectivity index (χ4n) is 2.41. The van der Waals surface area contributed by atoms with E-state index in [0.717, 1.165) is 5.56 Å². The summed E-state index contributed by atoms with van der Waals surface area (Å²) in [6.07, 6.45) is 1.79. The molecule has 2 rings (SSSR count). The fourth-order valence-corrected chi connectivity index (χ4v) is 2.41. The van der Waals surface area contributed by atoms with E-state index in [-0.39, 0.29) is 30.2 Å². The van der Waals surface area contributed by atoms with Gasteiger partial charge in [0, 0.05) is 25.3 Å². The first-order valence-electron chi connectivity index (χ1n) is 6.12. The van der Waals surface area contributed by atoms with Crippen LogP contribution in [0.1, 0.15) is 29.0 Å². The number of amides is 1. The van der Waals surface area contributed by atoms with Crippen LogP contribution < -0.4 is 0 Å². The standard InChI is InChI=1S/C13H17NO5/c1-8-3-4-19-12(8)13(17)14-7-10(18-2)5-9(14)6-11(15)16/h3-4,9-10H,5-7H2,1-2H3,(H,15,16). The Morgan fingerprint density at radius 3 is 2.84 bits per heavy atom. The highest BCUT2D eigenvalue weighted by atomic mass is 16.5. The van der Waals surface area contributed by atoms with Crippen LogP contribution in [0.5, 0.6) is 0 Å². The lowest BCUT2D eigenvalue weighted by Crippen LogP contribution is -2.37. The molecule has 1 aliphatic rings. The summed E-state index contributed by atoms with van der Waals surface area (Å²) in [6, 6.07) is 1.36. The van der Waals surface area contributed by atoms with Gasteiger partial charge in [0.15, 0.2) is 5.76 Å². The number of rotatable bonds is 4. The molecular weight excluding hydrogens is 250 g/mol. The minimum atomic E-state index is -0.921. The largest absolute Gasteiger partial charge is 0.481 e. The zero-order chi connectivity index (χ0) is 14.0. The van der Waals surface area contributed by atoms with Crippen LogP contribution in [0.4, 0.5) is 0 Å². The Labute approximate surface area is 110 Å². The number of carbonyl (C=O) groups is 2. The van der Waals surface area contributed by atoms with Crippen LogP contribution in [0.2, 0.25) is 0 Å². The molecule has 1 saturated heterocycles. The first-order valence-corrected chi connectivity index (χ1v) is 6.12. The molecule has 0 saturated carbocycles. The highest BCUT2D eigenvalue weighted by Crippen LogP contribution is 2.25. The number of methoxy groups -OCH3 is 1. The lowest BCUT2D eigenvalue weighted by Gasteiger charge is -2.22. The van der Waals surface area contributed by atoms with Gasteiger partial charge in [-0.05, 0) is 19.4 Å². The Kier molecular flexibility index (Phi) is 3.90. The molecule has 0 bridgehead atoms. The Bertz CT molecular complexity index is 481. The zero-order valence-electron chi connectivity index (χ0n) is 11.0. The Morgan fingerprint density at radius 2 is 2.32 bits per heavy atom. The average Bonchev–Trinajstić information content (AvgIpc) is 2.94. The van der Waals surface area contributed by atoms with Gasteiger partial charge in [0.2, 0.25) is 0 Å². The van der Waals surface area contributed by atoms with Gasteiger partial charge in [-0.1, -0.05) is 0 Å². The predicted octanol–water partition coefficient (Wildman–Crippen LogP) is 1.29. The third kappa shape index (κ3) is 2.78. The van der Waals surface area contributed by atoms with E-state index < -0.39 is 5.97 Å². The minimum absolute atomic E-state index is 0.0780. The van der Waals surface area contributed by atoms with Gasteiger partial charge in [-0.15, -0.1) is 0 Å². The quantitative estimate of drug-likeness (QED) is 0.889. The summed E-state index contributed by atoms with van der Waals surface area (Å²) in [6.45, 7) is 2.18. The maximum atomic E-state index is 12.4. The molecule has 1 aliphatic heterocycles. The maximum Gasteiger partial charge on any atom is 0.305 e. The van der Waals surface area contributed by atoms with Crippen molar-refractivity contribution in [1.29, 1.82) is 0 Å². The Hall–Kier alpha value is -1.82. The topological polar surface area (TPSA) is 80.0 Å². The number of aryl methyl sites for hydroxylation is 1. The number of likely N-dealkylation sites (tertiary alicyclic amines) is 1. The Morgan fingerprint density at radius 1 is 1.58 bits per heavy atom. The number of carboxylic acids is 1. The third-order valence-corrected chi connectivity index (χ3v) is 3.44. The number of hydrogen-bond acceptors (Lipinski definition) is 4. The van der Waals surface area contributed by atoms with Gasteiger partial charge < -0.3 is 19.2 Å². The van der Waals surface area contributed by atoms with Gasteiger partial charge in [0.05, 0.1) is 18.8 Å². The second kappa shape index (κ2) is 5.44. The van der Waals surface area contributed by atoms with Crippen LogP contribution >= 0.6 is 0 Å². The number of hydrogen-bond donors (Lipinski definition) is 1. The second-order valence-electron chi connectivity index (χ2n) is 4.74. The molecule has 2 atom stereocenters. The van der Waals surface area contributed by atoms with Crippen molar-refractivity contribution in [2.24, 2.45) is 0 Å². The monoisotopic (exact) mass is 267 g/mol. The molecule has 1 amide bonds. The van der Waals surface area contributed by atoms with Crippen LogP contribution in [0.25, 0.3) is 0 Å². The van der Waals surface area contributed by atoms with Crippen molar-refractivity contribution in [2.75, 3.05) is 13.7 Å². The van der Waals surface area contributed by atoms with Crippen molar-refractivity contribution in [3.63, 3.8) is 0 Å². The molecule has 0 radical (unpaired) electrons. The van der Waals surface area contributed by atoms with Gasteiger partial charge in [0.25, 0.3) is 5.91 Å². The van der Waals surface area contributed by atoms with Crippen molar-refractivity contribution >= 4 is 11.9 Å². The summed E-state index contributed by atoms with van der Waals surface area (Å²) in [5, 5.41) is 8.92. The number of carbonyl (C=O) groups excluding carboxylic acids is 1. The molecule has 1 N–H and O–H groups in total. The van der Waals surface area contributed by atoms with E-state index >= 15 is 0 Å². The van der Waals surface area contributed by atoms with Gasteiger partial charge in [-0.2, -0.15) is 0 Å². The van der Waals surface area contributed by atoms with Gasteiger partial charge >= 0.3 is 5.97 Å². The van der Waals surface area contributed by atoms with Crippen molar-refractivity contribution in [3.05, 3.63) is 23.7 Å². The number of ether oxygens (including phenoxy) is 1. The molecule has 6 nitrogen and oxygen atoms in total. The lowest BCUT2D eigenvalue weighted by molar-refractivity contribution is -0.138. The molecule has 19 heavy (non-hydrogen) atoms. The zero-order valence-corrected chi connectivity index (χ0v) is 11.0. The van der Waals surface area contributed by atoms with E-state index in [1.807, 2.05) is 0 Å². The molecule has 6 heteroatoms. The number of carboxylic acid groups (broad SMARTS) is 1. The van der Waals surface area contributed by atoms with Crippen molar-refractivity contribution in [3.8, 4) is 0 Å². The van der Waals surface area contributed by atoms with E-state index in [2.05, 4.69) is 0 Å². The SMILES string of the molecule is COC1CC(CC(=O)O)N(C(=O)c2occc2C)C1. The highest BCUT2D eigenvalue weighted by molar-refractivity contribution is 5.93. The van der Waals surface area contributed by atoms with Crippen LogP contribution in [0.3, 0.4) is 0 Å². The lowest BCUT2D eigenvalue weighted by atomic mass is 10.1. The van der Waals surface area contributed by atoms with Crippen molar-refractivity contribution in [1.82, 2.24) is 4.90 Å². The van der Waals surface area contributed by atoms with Crippen molar-refractivity contribution in [2.45, 2.75) is 31.9 Å². The van der Waals surface area contributed by atoms with Gasteiger partial charge in [-0.3, -0.25) is 9.59 Å². The van der Waals surface area contributed by atoms with Gasteiger partial charge in [-0.25, -0.2) is 0 Å². The molecule has 0 aromatic carbocycles. The van der Waals surface area contributed by atoms with Gasteiger partial charge in [0.1, 0.15) is 0 Å². The summed E-state index contributed by atoms with van der Waals surface area (Å²) in [7, 11) is 1.56. The maximum absolute atomic E-state index is 12.4. The van der Waals surface area contributed by atoms with Crippen LogP contribution in [-0.4, -0.2) is 47.7 Å². The van der Waals surface area contributed by atoms with Crippen LogP contribution in [0, 0.1) is 6.92 Å². The number of aliphatic carboxylic acids is 1. The average molecular weight is 267 g/mol. The van der Waals surface area contributed by atoms with E-state index in [1.54, 1.807) is 20.1 Å². The summed E-state index contributed by atoms with van der Waals surface area (Å²) >= 11 is 0. The van der Waals surface area contributed by atoms with E-state index in [9.17, 15) is 9.59 Å². The molecule has 2 heterocycles. The minimum Gasteiger partial charge on any atom is -0.481 e. The molecule has 2 unspecified atom stereocenters.